The fourth-order valence-electron chi connectivity index (χ4n) is 4.11. The standard InChI is InChI=1S/C25H29N3O2/c1-3-14-28(24(29)21-13-9-10-19(2)17-21)18-22-23(20-11-5-4-6-12-20)26-30-25(22)27-15-7-8-16-27/h4-6,9-13,17H,3,7-8,14-16,18H2,1-2H3. The number of carbonyl (C=O) groups is 1. The molecule has 5 heteroatoms. The number of anilines is 1. The number of rotatable bonds is 7. The highest BCUT2D eigenvalue weighted by Crippen LogP contribution is 2.34. The molecular weight excluding hydrogens is 374 g/mol. The number of aryl methyl sites for hydroxylation is 1. The van der Waals surface area contributed by atoms with Gasteiger partial charge in [0.05, 0.1) is 12.1 Å². The third kappa shape index (κ3) is 4.25. The summed E-state index contributed by atoms with van der Waals surface area (Å²) in [5.74, 6) is 0.859. The van der Waals surface area contributed by atoms with Gasteiger partial charge in [-0.05, 0) is 38.3 Å². The Morgan fingerprint density at radius 3 is 2.57 bits per heavy atom. The van der Waals surface area contributed by atoms with Gasteiger partial charge in [-0.15, -0.1) is 0 Å². The normalized spacial score (nSPS) is 13.6. The number of nitrogens with zero attached hydrogens (tertiary/aromatic N) is 3. The van der Waals surface area contributed by atoms with Gasteiger partial charge in [-0.2, -0.15) is 0 Å². The molecule has 1 saturated heterocycles. The van der Waals surface area contributed by atoms with Crippen LogP contribution in [0, 0.1) is 6.92 Å². The van der Waals surface area contributed by atoms with E-state index in [1.54, 1.807) is 0 Å². The number of carbonyl (C=O) groups excluding carboxylic acids is 1. The van der Waals surface area contributed by atoms with Crippen LogP contribution in [-0.4, -0.2) is 35.6 Å². The number of hydrogen-bond acceptors (Lipinski definition) is 4. The molecular formula is C25H29N3O2. The van der Waals surface area contributed by atoms with E-state index in [1.165, 1.54) is 0 Å². The van der Waals surface area contributed by atoms with Crippen molar-refractivity contribution in [3.8, 4) is 11.3 Å². The fourth-order valence-corrected chi connectivity index (χ4v) is 4.11. The lowest BCUT2D eigenvalue weighted by molar-refractivity contribution is 0.0743. The summed E-state index contributed by atoms with van der Waals surface area (Å²) in [5, 5.41) is 4.44. The van der Waals surface area contributed by atoms with Crippen LogP contribution in [0.5, 0.6) is 0 Å². The van der Waals surface area contributed by atoms with Gasteiger partial charge in [0.1, 0.15) is 5.69 Å². The first-order valence-electron chi connectivity index (χ1n) is 10.8. The monoisotopic (exact) mass is 403 g/mol. The molecule has 0 radical (unpaired) electrons. The lowest BCUT2D eigenvalue weighted by atomic mass is 10.1. The molecule has 5 nitrogen and oxygen atoms in total. The summed E-state index contributed by atoms with van der Waals surface area (Å²) in [5.41, 5.74) is 4.66. The zero-order chi connectivity index (χ0) is 20.9. The topological polar surface area (TPSA) is 49.6 Å². The molecule has 0 aliphatic carbocycles. The Morgan fingerprint density at radius 1 is 1.10 bits per heavy atom. The molecule has 30 heavy (non-hydrogen) atoms. The van der Waals surface area contributed by atoms with Crippen molar-refractivity contribution >= 4 is 11.8 Å². The Hall–Kier alpha value is -3.08. The van der Waals surface area contributed by atoms with Crippen molar-refractivity contribution < 1.29 is 9.32 Å². The van der Waals surface area contributed by atoms with Gasteiger partial charge in [0.2, 0.25) is 5.88 Å². The van der Waals surface area contributed by atoms with Gasteiger partial charge in [0.15, 0.2) is 0 Å². The summed E-state index contributed by atoms with van der Waals surface area (Å²) in [7, 11) is 0. The second-order valence-electron chi connectivity index (χ2n) is 7.97. The van der Waals surface area contributed by atoms with Crippen LogP contribution >= 0.6 is 0 Å². The summed E-state index contributed by atoms with van der Waals surface area (Å²) in [4.78, 5) is 17.5. The molecule has 156 valence electrons. The van der Waals surface area contributed by atoms with Crippen molar-refractivity contribution in [1.29, 1.82) is 0 Å². The van der Waals surface area contributed by atoms with E-state index in [0.717, 1.165) is 66.2 Å². The molecule has 0 bridgehead atoms. The highest BCUT2D eigenvalue weighted by molar-refractivity contribution is 5.94. The Bertz CT molecular complexity index is 991. The van der Waals surface area contributed by atoms with Gasteiger partial charge in [0, 0.05) is 30.8 Å². The summed E-state index contributed by atoms with van der Waals surface area (Å²) < 4.78 is 5.86. The van der Waals surface area contributed by atoms with Crippen molar-refractivity contribution in [1.82, 2.24) is 10.1 Å². The number of amides is 1. The van der Waals surface area contributed by atoms with Crippen LogP contribution in [0.4, 0.5) is 5.88 Å². The van der Waals surface area contributed by atoms with E-state index >= 15 is 0 Å². The Balaban J connectivity index is 1.71. The predicted molar refractivity (Wildman–Crippen MR) is 120 cm³/mol. The smallest absolute Gasteiger partial charge is 0.254 e. The Kier molecular flexibility index (Phi) is 6.17. The molecule has 1 aliphatic heterocycles. The number of benzene rings is 2. The molecule has 1 aromatic heterocycles. The van der Waals surface area contributed by atoms with E-state index in [2.05, 4.69) is 17.0 Å². The van der Waals surface area contributed by atoms with Crippen LogP contribution in [0.25, 0.3) is 11.3 Å². The third-order valence-corrected chi connectivity index (χ3v) is 5.60. The van der Waals surface area contributed by atoms with Crippen LogP contribution in [0.1, 0.15) is 47.7 Å². The van der Waals surface area contributed by atoms with Crippen LogP contribution in [0.3, 0.4) is 0 Å². The van der Waals surface area contributed by atoms with E-state index in [0.29, 0.717) is 13.1 Å². The minimum absolute atomic E-state index is 0.0492. The maximum absolute atomic E-state index is 13.4. The Labute approximate surface area is 178 Å². The minimum atomic E-state index is 0.0492. The van der Waals surface area contributed by atoms with Crippen LogP contribution in [-0.2, 0) is 6.54 Å². The minimum Gasteiger partial charge on any atom is -0.340 e. The van der Waals surface area contributed by atoms with E-state index in [9.17, 15) is 4.79 Å². The van der Waals surface area contributed by atoms with Gasteiger partial charge in [-0.25, -0.2) is 0 Å². The summed E-state index contributed by atoms with van der Waals surface area (Å²) >= 11 is 0. The van der Waals surface area contributed by atoms with Crippen molar-refractivity contribution in [3.05, 3.63) is 71.3 Å². The summed E-state index contributed by atoms with van der Waals surface area (Å²) in [6, 6.07) is 17.9. The summed E-state index contributed by atoms with van der Waals surface area (Å²) in [6.45, 7) is 7.22. The van der Waals surface area contributed by atoms with Crippen molar-refractivity contribution in [3.63, 3.8) is 0 Å². The van der Waals surface area contributed by atoms with E-state index in [4.69, 9.17) is 4.52 Å². The van der Waals surface area contributed by atoms with E-state index in [1.807, 2.05) is 66.4 Å². The van der Waals surface area contributed by atoms with Crippen LogP contribution < -0.4 is 4.90 Å². The summed E-state index contributed by atoms with van der Waals surface area (Å²) in [6.07, 6.45) is 3.20. The fraction of sp³-hybridized carbons (Fsp3) is 0.360. The molecule has 0 spiro atoms. The number of aromatic nitrogens is 1. The first-order chi connectivity index (χ1) is 14.7. The van der Waals surface area contributed by atoms with Gasteiger partial charge < -0.3 is 14.3 Å². The highest BCUT2D eigenvalue weighted by Gasteiger charge is 2.27. The molecule has 0 N–H and O–H groups in total. The molecule has 1 fully saturated rings. The molecule has 2 aromatic carbocycles. The van der Waals surface area contributed by atoms with Crippen molar-refractivity contribution in [2.24, 2.45) is 0 Å². The second kappa shape index (κ2) is 9.16. The maximum Gasteiger partial charge on any atom is 0.254 e. The molecule has 3 aromatic rings. The SMILES string of the molecule is CCCN(Cc1c(-c2ccccc2)noc1N1CCCC1)C(=O)c1cccc(C)c1. The zero-order valence-corrected chi connectivity index (χ0v) is 17.8. The lowest BCUT2D eigenvalue weighted by Crippen LogP contribution is -2.32. The quantitative estimate of drug-likeness (QED) is 0.537. The van der Waals surface area contributed by atoms with Gasteiger partial charge in [0.25, 0.3) is 5.91 Å². The average molecular weight is 404 g/mol. The van der Waals surface area contributed by atoms with Crippen molar-refractivity contribution in [2.45, 2.75) is 39.7 Å². The molecule has 1 amide bonds. The van der Waals surface area contributed by atoms with Crippen molar-refractivity contribution in [2.75, 3.05) is 24.5 Å². The molecule has 4 rings (SSSR count). The molecule has 0 saturated carbocycles. The van der Waals surface area contributed by atoms with Crippen LogP contribution in [0.2, 0.25) is 0 Å². The second-order valence-corrected chi connectivity index (χ2v) is 7.97. The number of hydrogen-bond donors (Lipinski definition) is 0. The average Bonchev–Trinajstić information content (AvgIpc) is 3.43. The molecule has 0 unspecified atom stereocenters. The molecule has 2 heterocycles. The Morgan fingerprint density at radius 2 is 1.87 bits per heavy atom. The third-order valence-electron chi connectivity index (χ3n) is 5.60. The first-order valence-corrected chi connectivity index (χ1v) is 10.8. The molecule has 0 atom stereocenters. The van der Waals surface area contributed by atoms with E-state index < -0.39 is 0 Å². The zero-order valence-electron chi connectivity index (χ0n) is 17.8. The van der Waals surface area contributed by atoms with Gasteiger partial charge >= 0.3 is 0 Å². The molecule has 1 aliphatic rings. The largest absolute Gasteiger partial charge is 0.340 e. The van der Waals surface area contributed by atoms with Gasteiger partial charge in [-0.3, -0.25) is 4.79 Å². The van der Waals surface area contributed by atoms with Gasteiger partial charge in [-0.1, -0.05) is 60.1 Å². The maximum atomic E-state index is 13.4. The van der Waals surface area contributed by atoms with E-state index in [-0.39, 0.29) is 5.91 Å². The highest BCUT2D eigenvalue weighted by atomic mass is 16.5. The van der Waals surface area contributed by atoms with Crippen LogP contribution in [0.15, 0.2) is 59.1 Å². The predicted octanol–water partition coefficient (Wildman–Crippen LogP) is 5.30. The first kappa shape index (κ1) is 20.2. The lowest BCUT2D eigenvalue weighted by Gasteiger charge is -2.24.